The molecule has 0 aromatic heterocycles. The van der Waals surface area contributed by atoms with Gasteiger partial charge in [-0.05, 0) is 32.1 Å². The highest BCUT2D eigenvalue weighted by molar-refractivity contribution is 5.81. The van der Waals surface area contributed by atoms with E-state index in [-0.39, 0.29) is 24.3 Å². The number of aliphatic hydroxyl groups is 1. The first-order chi connectivity index (χ1) is 10.1. The molecule has 0 bridgehead atoms. The van der Waals surface area contributed by atoms with Crippen molar-refractivity contribution < 1.29 is 14.7 Å². The van der Waals surface area contributed by atoms with Gasteiger partial charge in [-0.3, -0.25) is 14.5 Å². The van der Waals surface area contributed by atoms with Gasteiger partial charge in [-0.25, -0.2) is 0 Å². The van der Waals surface area contributed by atoms with Crippen LogP contribution in [0, 0.1) is 5.92 Å². The van der Waals surface area contributed by atoms with Crippen LogP contribution in [0.2, 0.25) is 0 Å². The van der Waals surface area contributed by atoms with Gasteiger partial charge in [-0.1, -0.05) is 6.42 Å². The Hall–Kier alpha value is -1.14. The number of carbonyl (C=O) groups excluding carboxylic acids is 2. The summed E-state index contributed by atoms with van der Waals surface area (Å²) in [5.74, 6) is -0.410. The minimum Gasteiger partial charge on any atom is -0.396 e. The van der Waals surface area contributed by atoms with Gasteiger partial charge in [0, 0.05) is 32.3 Å². The monoisotopic (exact) mass is 297 g/mol. The molecule has 1 aliphatic heterocycles. The molecule has 2 rings (SSSR count). The first kappa shape index (κ1) is 16.2. The van der Waals surface area contributed by atoms with Gasteiger partial charge >= 0.3 is 0 Å². The molecule has 0 spiro atoms. The molecule has 1 saturated heterocycles. The lowest BCUT2D eigenvalue weighted by molar-refractivity contribution is -0.137. The van der Waals surface area contributed by atoms with Crippen molar-refractivity contribution in [2.45, 2.75) is 44.6 Å². The summed E-state index contributed by atoms with van der Waals surface area (Å²) in [6, 6.07) is 0.484. The van der Waals surface area contributed by atoms with Crippen LogP contribution in [0.25, 0.3) is 0 Å². The third-order valence-corrected chi connectivity index (χ3v) is 4.71. The third-order valence-electron chi connectivity index (χ3n) is 4.71. The van der Waals surface area contributed by atoms with Crippen LogP contribution in [0.3, 0.4) is 0 Å². The van der Waals surface area contributed by atoms with Gasteiger partial charge in [0.2, 0.25) is 11.8 Å². The van der Waals surface area contributed by atoms with Crippen molar-refractivity contribution in [3.8, 4) is 0 Å². The zero-order valence-electron chi connectivity index (χ0n) is 12.7. The minimum atomic E-state index is -0.302. The maximum Gasteiger partial charge on any atom is 0.236 e. The number of piperidine rings is 1. The van der Waals surface area contributed by atoms with E-state index in [4.69, 9.17) is 10.8 Å². The highest BCUT2D eigenvalue weighted by Crippen LogP contribution is 2.25. The number of nitrogens with two attached hydrogens (primary N) is 1. The fourth-order valence-electron chi connectivity index (χ4n) is 3.13. The molecule has 120 valence electrons. The number of carbonyl (C=O) groups is 2. The fraction of sp³-hybridized carbons (Fsp3) is 0.867. The first-order valence-electron chi connectivity index (χ1n) is 8.04. The number of hydrogen-bond acceptors (Lipinski definition) is 4. The first-order valence-corrected chi connectivity index (χ1v) is 8.04. The smallest absolute Gasteiger partial charge is 0.236 e. The van der Waals surface area contributed by atoms with Crippen LogP contribution < -0.4 is 5.73 Å². The molecule has 2 amide bonds. The van der Waals surface area contributed by atoms with Crippen LogP contribution in [0.15, 0.2) is 0 Å². The zero-order chi connectivity index (χ0) is 15.2. The van der Waals surface area contributed by atoms with Gasteiger partial charge in [0.25, 0.3) is 0 Å². The molecule has 1 heterocycles. The van der Waals surface area contributed by atoms with Crippen molar-refractivity contribution >= 4 is 11.8 Å². The summed E-state index contributed by atoms with van der Waals surface area (Å²) in [6.07, 6.45) is 5.84. The molecule has 1 aliphatic carbocycles. The molecular formula is C15H27N3O3. The fourth-order valence-corrected chi connectivity index (χ4v) is 3.13. The standard InChI is InChI=1S/C15H27N3O3/c16-15(21)12-4-2-7-18(10-12)14(20)11-17(8-3-9-19)13-5-1-6-13/h12-13,19H,1-11H2,(H2,16,21). The average molecular weight is 297 g/mol. The average Bonchev–Trinajstić information content (AvgIpc) is 2.42. The number of hydrogen-bond donors (Lipinski definition) is 2. The predicted molar refractivity (Wildman–Crippen MR) is 79.4 cm³/mol. The molecule has 2 fully saturated rings. The lowest BCUT2D eigenvalue weighted by Gasteiger charge is -2.39. The van der Waals surface area contributed by atoms with Crippen LogP contribution in [0.4, 0.5) is 0 Å². The van der Waals surface area contributed by atoms with Crippen LogP contribution in [-0.4, -0.2) is 65.5 Å². The normalized spacial score (nSPS) is 23.1. The summed E-state index contributed by atoms with van der Waals surface area (Å²) in [5, 5.41) is 8.99. The highest BCUT2D eigenvalue weighted by atomic mass is 16.3. The molecular weight excluding hydrogens is 270 g/mol. The topological polar surface area (TPSA) is 86.9 Å². The Bertz CT molecular complexity index is 371. The Kier molecular flexibility index (Phi) is 5.99. The van der Waals surface area contributed by atoms with E-state index in [2.05, 4.69) is 4.90 Å². The predicted octanol–water partition coefficient (Wildman–Crippen LogP) is -0.0528. The van der Waals surface area contributed by atoms with E-state index in [1.54, 1.807) is 4.90 Å². The molecule has 6 nitrogen and oxygen atoms in total. The number of primary amides is 1. The maximum absolute atomic E-state index is 12.5. The molecule has 1 atom stereocenters. The minimum absolute atomic E-state index is 0.0887. The summed E-state index contributed by atoms with van der Waals surface area (Å²) >= 11 is 0. The van der Waals surface area contributed by atoms with Crippen molar-refractivity contribution in [3.05, 3.63) is 0 Å². The van der Waals surface area contributed by atoms with Gasteiger partial charge in [-0.2, -0.15) is 0 Å². The lowest BCUT2D eigenvalue weighted by atomic mass is 9.91. The molecule has 2 aliphatic rings. The highest BCUT2D eigenvalue weighted by Gasteiger charge is 2.30. The van der Waals surface area contributed by atoms with Crippen molar-refractivity contribution in [1.29, 1.82) is 0 Å². The van der Waals surface area contributed by atoms with Crippen LogP contribution in [0.5, 0.6) is 0 Å². The largest absolute Gasteiger partial charge is 0.396 e. The molecule has 0 aromatic carbocycles. The Morgan fingerprint density at radius 3 is 2.57 bits per heavy atom. The number of nitrogens with zero attached hydrogens (tertiary/aromatic N) is 2. The molecule has 0 aromatic rings. The van der Waals surface area contributed by atoms with Gasteiger partial charge in [0.1, 0.15) is 0 Å². The van der Waals surface area contributed by atoms with Crippen molar-refractivity contribution in [2.75, 3.05) is 32.8 Å². The summed E-state index contributed by atoms with van der Waals surface area (Å²) in [5.41, 5.74) is 5.36. The molecule has 0 radical (unpaired) electrons. The van der Waals surface area contributed by atoms with E-state index >= 15 is 0 Å². The van der Waals surface area contributed by atoms with Gasteiger partial charge in [0.05, 0.1) is 12.5 Å². The Morgan fingerprint density at radius 1 is 1.24 bits per heavy atom. The van der Waals surface area contributed by atoms with Gasteiger partial charge in [-0.15, -0.1) is 0 Å². The summed E-state index contributed by atoms with van der Waals surface area (Å²) < 4.78 is 0. The number of amides is 2. The van der Waals surface area contributed by atoms with Crippen LogP contribution in [-0.2, 0) is 9.59 Å². The van der Waals surface area contributed by atoms with E-state index in [1.807, 2.05) is 0 Å². The van der Waals surface area contributed by atoms with Crippen molar-refractivity contribution in [1.82, 2.24) is 9.80 Å². The molecule has 3 N–H and O–H groups in total. The molecule has 1 unspecified atom stereocenters. The second-order valence-electron chi connectivity index (χ2n) is 6.21. The quantitative estimate of drug-likeness (QED) is 0.689. The Labute approximate surface area is 126 Å². The second kappa shape index (κ2) is 7.75. The van der Waals surface area contributed by atoms with E-state index in [0.717, 1.165) is 38.8 Å². The van der Waals surface area contributed by atoms with E-state index in [1.165, 1.54) is 6.42 Å². The van der Waals surface area contributed by atoms with Crippen molar-refractivity contribution in [2.24, 2.45) is 11.7 Å². The second-order valence-corrected chi connectivity index (χ2v) is 6.21. The van der Waals surface area contributed by atoms with Crippen molar-refractivity contribution in [3.63, 3.8) is 0 Å². The van der Waals surface area contributed by atoms with Crippen LogP contribution in [0.1, 0.15) is 38.5 Å². The maximum atomic E-state index is 12.5. The summed E-state index contributed by atoms with van der Waals surface area (Å²) in [7, 11) is 0. The number of rotatable bonds is 7. The number of likely N-dealkylation sites (tertiary alicyclic amines) is 1. The van der Waals surface area contributed by atoms with E-state index in [0.29, 0.717) is 25.6 Å². The SMILES string of the molecule is NC(=O)C1CCCN(C(=O)CN(CCCO)C2CCC2)C1. The molecule has 6 heteroatoms. The lowest BCUT2D eigenvalue weighted by Crippen LogP contribution is -2.50. The summed E-state index contributed by atoms with van der Waals surface area (Å²) in [4.78, 5) is 27.7. The Morgan fingerprint density at radius 2 is 2.00 bits per heavy atom. The van der Waals surface area contributed by atoms with Gasteiger partial charge < -0.3 is 15.7 Å². The third kappa shape index (κ3) is 4.41. The van der Waals surface area contributed by atoms with Crippen LogP contribution >= 0.6 is 0 Å². The van der Waals surface area contributed by atoms with Gasteiger partial charge in [0.15, 0.2) is 0 Å². The summed E-state index contributed by atoms with van der Waals surface area (Å²) in [6.45, 7) is 2.51. The number of aliphatic hydroxyl groups excluding tert-OH is 1. The molecule has 21 heavy (non-hydrogen) atoms. The van der Waals surface area contributed by atoms with E-state index in [9.17, 15) is 9.59 Å². The molecule has 1 saturated carbocycles. The van der Waals surface area contributed by atoms with E-state index < -0.39 is 0 Å². The Balaban J connectivity index is 1.86. The zero-order valence-corrected chi connectivity index (χ0v) is 12.7.